The number of hydrogen-bond acceptors (Lipinski definition) is 4. The first-order valence-electron chi connectivity index (χ1n) is 8.88. The fourth-order valence-corrected chi connectivity index (χ4v) is 4.44. The van der Waals surface area contributed by atoms with Crippen LogP contribution in [0.5, 0.6) is 0 Å². The van der Waals surface area contributed by atoms with Crippen LogP contribution >= 0.6 is 0 Å². The minimum absolute atomic E-state index is 0.0421. The van der Waals surface area contributed by atoms with Gasteiger partial charge in [-0.05, 0) is 37.5 Å². The summed E-state index contributed by atoms with van der Waals surface area (Å²) in [5.41, 5.74) is 0. The molecule has 0 radical (unpaired) electrons. The molecule has 2 saturated heterocycles. The quantitative estimate of drug-likeness (QED) is 0.815. The van der Waals surface area contributed by atoms with Gasteiger partial charge in [-0.15, -0.1) is 0 Å². The van der Waals surface area contributed by atoms with E-state index in [2.05, 4.69) is 11.4 Å². The Kier molecular flexibility index (Phi) is 4.95. The van der Waals surface area contributed by atoms with Crippen LogP contribution in [0.2, 0.25) is 0 Å². The normalized spacial score (nSPS) is 31.9. The molecule has 1 aliphatic carbocycles. The van der Waals surface area contributed by atoms with E-state index >= 15 is 0 Å². The van der Waals surface area contributed by atoms with Gasteiger partial charge >= 0.3 is 6.03 Å². The molecule has 0 spiro atoms. The molecule has 3 amide bonds. The maximum atomic E-state index is 12.3. The van der Waals surface area contributed by atoms with Crippen LogP contribution < -0.4 is 5.32 Å². The number of likely N-dealkylation sites (tertiary alicyclic amines) is 2. The highest BCUT2D eigenvalue weighted by Crippen LogP contribution is 2.38. The molecule has 4 atom stereocenters. The molecule has 3 fully saturated rings. The summed E-state index contributed by atoms with van der Waals surface area (Å²) in [6.07, 6.45) is 3.77. The van der Waals surface area contributed by atoms with Gasteiger partial charge in [-0.3, -0.25) is 4.79 Å². The summed E-state index contributed by atoms with van der Waals surface area (Å²) in [4.78, 5) is 29.6. The number of carbonyl (C=O) groups excluding carboxylic acids is 2. The van der Waals surface area contributed by atoms with E-state index in [0.29, 0.717) is 31.0 Å². The molecule has 0 aromatic rings. The number of fused-ring (bicyclic) bond motifs is 1. The molecule has 2 unspecified atom stereocenters. The molecule has 0 bridgehead atoms. The van der Waals surface area contributed by atoms with Crippen LogP contribution in [-0.4, -0.2) is 79.0 Å². The molecular formula is C17H27N5O2. The highest BCUT2D eigenvalue weighted by atomic mass is 16.2. The molecule has 1 N–H and O–H groups in total. The van der Waals surface area contributed by atoms with Gasteiger partial charge in [0.05, 0.1) is 12.6 Å². The molecule has 3 rings (SSSR count). The molecule has 1 saturated carbocycles. The van der Waals surface area contributed by atoms with Gasteiger partial charge in [0.25, 0.3) is 0 Å². The van der Waals surface area contributed by atoms with Crippen molar-refractivity contribution in [2.45, 2.75) is 37.8 Å². The van der Waals surface area contributed by atoms with Gasteiger partial charge in [0, 0.05) is 39.8 Å². The Morgan fingerprint density at radius 3 is 2.50 bits per heavy atom. The van der Waals surface area contributed by atoms with Crippen LogP contribution in [-0.2, 0) is 4.79 Å². The monoisotopic (exact) mass is 333 g/mol. The second kappa shape index (κ2) is 6.98. The zero-order chi connectivity index (χ0) is 17.3. The van der Waals surface area contributed by atoms with Crippen molar-refractivity contribution in [2.75, 3.05) is 40.3 Å². The van der Waals surface area contributed by atoms with Crippen LogP contribution in [0.15, 0.2) is 0 Å². The molecule has 0 aromatic heterocycles. The van der Waals surface area contributed by atoms with E-state index in [0.717, 1.165) is 38.8 Å². The molecule has 0 aromatic carbocycles. The van der Waals surface area contributed by atoms with Crippen LogP contribution in [0.25, 0.3) is 0 Å². The smallest absolute Gasteiger partial charge is 0.319 e. The Hall–Kier alpha value is -1.81. The van der Waals surface area contributed by atoms with E-state index in [-0.39, 0.29) is 18.0 Å². The minimum atomic E-state index is -0.243. The minimum Gasteiger partial charge on any atom is -0.331 e. The van der Waals surface area contributed by atoms with Gasteiger partial charge in [-0.25, -0.2) is 4.79 Å². The Bertz CT molecular complexity index is 530. The summed E-state index contributed by atoms with van der Waals surface area (Å²) in [6.45, 7) is 2.69. The van der Waals surface area contributed by atoms with Crippen LogP contribution in [0.1, 0.15) is 25.7 Å². The van der Waals surface area contributed by atoms with Crippen molar-refractivity contribution in [3.8, 4) is 6.07 Å². The number of nitrogens with zero attached hydrogens (tertiary/aromatic N) is 4. The van der Waals surface area contributed by atoms with Crippen LogP contribution in [0, 0.1) is 23.2 Å². The second-order valence-electron chi connectivity index (χ2n) is 7.53. The van der Waals surface area contributed by atoms with Crippen molar-refractivity contribution in [3.63, 3.8) is 0 Å². The fourth-order valence-electron chi connectivity index (χ4n) is 4.44. The molecule has 132 valence electrons. The third-order valence-corrected chi connectivity index (χ3v) is 5.67. The number of rotatable bonds is 3. The SMILES string of the molecule is CN(C)C(=O)N1C[C@H]2CC(NCC(=O)N3CCCC3C#N)C[C@H]2C1. The van der Waals surface area contributed by atoms with Crippen molar-refractivity contribution in [3.05, 3.63) is 0 Å². The first-order valence-corrected chi connectivity index (χ1v) is 8.88. The lowest BCUT2D eigenvalue weighted by Gasteiger charge is -2.24. The largest absolute Gasteiger partial charge is 0.331 e. The Morgan fingerprint density at radius 1 is 1.25 bits per heavy atom. The zero-order valence-corrected chi connectivity index (χ0v) is 14.6. The number of nitriles is 1. The molecule has 2 heterocycles. The molecule has 2 aliphatic heterocycles. The average molecular weight is 333 g/mol. The maximum Gasteiger partial charge on any atom is 0.319 e. The standard InChI is InChI=1S/C17H27N5O2/c1-20(2)17(24)21-10-12-6-14(7-13(12)11-21)19-9-16(23)22-5-3-4-15(22)8-18/h12-15,19H,3-7,9-11H2,1-2H3/t12-,13+,14?,15?. The maximum absolute atomic E-state index is 12.3. The number of carbonyl (C=O) groups is 2. The summed E-state index contributed by atoms with van der Waals surface area (Å²) in [5, 5.41) is 12.5. The first-order chi connectivity index (χ1) is 11.5. The predicted molar refractivity (Wildman–Crippen MR) is 89.0 cm³/mol. The lowest BCUT2D eigenvalue weighted by Crippen LogP contribution is -2.43. The summed E-state index contributed by atoms with van der Waals surface area (Å²) in [6, 6.07) is 2.42. The van der Waals surface area contributed by atoms with E-state index < -0.39 is 0 Å². The third kappa shape index (κ3) is 3.34. The van der Waals surface area contributed by atoms with Gasteiger partial charge in [-0.2, -0.15) is 5.26 Å². The van der Waals surface area contributed by atoms with E-state index in [9.17, 15) is 9.59 Å². The van der Waals surface area contributed by atoms with Gasteiger partial charge < -0.3 is 20.0 Å². The van der Waals surface area contributed by atoms with Gasteiger partial charge in [0.1, 0.15) is 6.04 Å². The average Bonchev–Trinajstić information content (AvgIpc) is 3.25. The van der Waals surface area contributed by atoms with Gasteiger partial charge in [0.2, 0.25) is 5.91 Å². The number of urea groups is 1. The highest BCUT2D eigenvalue weighted by Gasteiger charge is 2.42. The summed E-state index contributed by atoms with van der Waals surface area (Å²) < 4.78 is 0. The van der Waals surface area contributed by atoms with Gasteiger partial charge in [0.15, 0.2) is 0 Å². The first kappa shape index (κ1) is 17.0. The van der Waals surface area contributed by atoms with E-state index in [4.69, 9.17) is 5.26 Å². The Labute approximate surface area is 143 Å². The van der Waals surface area contributed by atoms with Crippen molar-refractivity contribution in [1.29, 1.82) is 5.26 Å². The fraction of sp³-hybridized carbons (Fsp3) is 0.824. The molecule has 7 heteroatoms. The summed E-state index contributed by atoms with van der Waals surface area (Å²) in [5.74, 6) is 1.13. The van der Waals surface area contributed by atoms with Crippen LogP contribution in [0.4, 0.5) is 4.79 Å². The Morgan fingerprint density at radius 2 is 1.92 bits per heavy atom. The number of nitrogens with one attached hydrogen (secondary N) is 1. The number of amides is 3. The molecule has 24 heavy (non-hydrogen) atoms. The Balaban J connectivity index is 1.43. The zero-order valence-electron chi connectivity index (χ0n) is 14.6. The molecule has 3 aliphatic rings. The topological polar surface area (TPSA) is 79.7 Å². The van der Waals surface area contributed by atoms with Crippen molar-refractivity contribution < 1.29 is 9.59 Å². The van der Waals surface area contributed by atoms with E-state index in [1.54, 1.807) is 23.9 Å². The van der Waals surface area contributed by atoms with E-state index in [1.165, 1.54) is 0 Å². The predicted octanol–water partition coefficient (Wildman–Crippen LogP) is 0.483. The van der Waals surface area contributed by atoms with Crippen molar-refractivity contribution >= 4 is 11.9 Å². The van der Waals surface area contributed by atoms with Crippen LogP contribution in [0.3, 0.4) is 0 Å². The lowest BCUT2D eigenvalue weighted by molar-refractivity contribution is -0.130. The summed E-state index contributed by atoms with van der Waals surface area (Å²) >= 11 is 0. The van der Waals surface area contributed by atoms with Crippen molar-refractivity contribution in [1.82, 2.24) is 20.0 Å². The number of hydrogen-bond donors (Lipinski definition) is 1. The lowest BCUT2D eigenvalue weighted by atomic mass is 10.0. The van der Waals surface area contributed by atoms with Crippen molar-refractivity contribution in [2.24, 2.45) is 11.8 Å². The second-order valence-corrected chi connectivity index (χ2v) is 7.53. The molecule has 7 nitrogen and oxygen atoms in total. The molecular weight excluding hydrogens is 306 g/mol. The van der Waals surface area contributed by atoms with Gasteiger partial charge in [-0.1, -0.05) is 0 Å². The summed E-state index contributed by atoms with van der Waals surface area (Å²) in [7, 11) is 3.58. The van der Waals surface area contributed by atoms with E-state index in [1.807, 2.05) is 4.90 Å². The third-order valence-electron chi connectivity index (χ3n) is 5.67. The highest BCUT2D eigenvalue weighted by molar-refractivity contribution is 5.79.